The van der Waals surface area contributed by atoms with Crippen LogP contribution in [0.1, 0.15) is 13.8 Å². The van der Waals surface area contributed by atoms with E-state index in [9.17, 15) is 0 Å². The van der Waals surface area contributed by atoms with E-state index in [0.29, 0.717) is 11.2 Å². The normalized spacial score (nSPS) is 11.3. The van der Waals surface area contributed by atoms with Crippen LogP contribution in [0, 0.1) is 11.5 Å². The van der Waals surface area contributed by atoms with Crippen molar-refractivity contribution in [2.75, 3.05) is 6.26 Å². The molecule has 0 rings (SSSR count). The van der Waals surface area contributed by atoms with Crippen molar-refractivity contribution in [3.8, 4) is 6.19 Å². The maximum atomic E-state index is 8.19. The van der Waals surface area contributed by atoms with E-state index in [1.807, 2.05) is 20.1 Å². The van der Waals surface area contributed by atoms with E-state index < -0.39 is 0 Å². The molecule has 1 N–H and O–H groups in total. The molecular formula is C6H11N3S. The maximum absolute atomic E-state index is 8.19. The van der Waals surface area contributed by atoms with Crippen LogP contribution in [0.15, 0.2) is 4.99 Å². The molecular weight excluding hydrogens is 146 g/mol. The topological polar surface area (TPSA) is 48.2 Å². The molecule has 0 aromatic rings. The van der Waals surface area contributed by atoms with Crippen molar-refractivity contribution in [1.29, 1.82) is 5.26 Å². The molecule has 0 heterocycles. The largest absolute Gasteiger partial charge is 0.362 e. The summed E-state index contributed by atoms with van der Waals surface area (Å²) in [6, 6.07) is 0.333. The lowest BCUT2D eigenvalue weighted by Crippen LogP contribution is -2.27. The van der Waals surface area contributed by atoms with Crippen LogP contribution < -0.4 is 5.32 Å². The highest BCUT2D eigenvalue weighted by atomic mass is 32.2. The number of amidine groups is 1. The van der Waals surface area contributed by atoms with E-state index in [1.54, 1.807) is 6.19 Å². The third-order valence-corrected chi connectivity index (χ3v) is 1.35. The first-order valence-electron chi connectivity index (χ1n) is 2.98. The molecule has 4 heteroatoms. The zero-order valence-corrected chi connectivity index (χ0v) is 7.20. The van der Waals surface area contributed by atoms with Crippen LogP contribution in [-0.4, -0.2) is 17.5 Å². The van der Waals surface area contributed by atoms with Crippen molar-refractivity contribution < 1.29 is 0 Å². The van der Waals surface area contributed by atoms with E-state index >= 15 is 0 Å². The van der Waals surface area contributed by atoms with Gasteiger partial charge < -0.3 is 5.32 Å². The zero-order valence-electron chi connectivity index (χ0n) is 6.38. The predicted octanol–water partition coefficient (Wildman–Crippen LogP) is 1.18. The van der Waals surface area contributed by atoms with E-state index in [-0.39, 0.29) is 0 Å². The molecule has 0 radical (unpaired) electrons. The van der Waals surface area contributed by atoms with E-state index in [2.05, 4.69) is 10.3 Å². The van der Waals surface area contributed by atoms with Crippen LogP contribution in [0.25, 0.3) is 0 Å². The van der Waals surface area contributed by atoms with Gasteiger partial charge >= 0.3 is 0 Å². The fourth-order valence-electron chi connectivity index (χ4n) is 0.429. The van der Waals surface area contributed by atoms with Crippen LogP contribution in [-0.2, 0) is 0 Å². The average Bonchev–Trinajstić information content (AvgIpc) is 1.86. The molecule has 56 valence electrons. The lowest BCUT2D eigenvalue weighted by molar-refractivity contribution is 0.740. The van der Waals surface area contributed by atoms with Gasteiger partial charge in [0.25, 0.3) is 0 Å². The SMILES string of the molecule is CS/C(=N\C#N)NC(C)C. The minimum atomic E-state index is 0.333. The highest BCUT2D eigenvalue weighted by molar-refractivity contribution is 8.13. The summed E-state index contributed by atoms with van der Waals surface area (Å²) in [7, 11) is 0. The Morgan fingerprint density at radius 3 is 2.60 bits per heavy atom. The van der Waals surface area contributed by atoms with Gasteiger partial charge in [0.2, 0.25) is 6.19 Å². The van der Waals surface area contributed by atoms with Crippen LogP contribution in [0.2, 0.25) is 0 Å². The van der Waals surface area contributed by atoms with Crippen LogP contribution in [0.5, 0.6) is 0 Å². The number of nitrogens with zero attached hydrogens (tertiary/aromatic N) is 2. The summed E-state index contributed by atoms with van der Waals surface area (Å²) in [5, 5.41) is 11.9. The van der Waals surface area contributed by atoms with Gasteiger partial charge in [0, 0.05) is 6.04 Å². The molecule has 0 aromatic carbocycles. The Bertz CT molecular complexity index is 157. The molecule has 0 aliphatic carbocycles. The van der Waals surface area contributed by atoms with Gasteiger partial charge in [-0.15, -0.1) is 4.99 Å². The number of rotatable bonds is 1. The van der Waals surface area contributed by atoms with Gasteiger partial charge in [-0.3, -0.25) is 0 Å². The Labute approximate surface area is 65.5 Å². The molecule has 0 amide bonds. The van der Waals surface area contributed by atoms with Gasteiger partial charge in [-0.05, 0) is 20.1 Å². The highest BCUT2D eigenvalue weighted by Crippen LogP contribution is 1.95. The first kappa shape index (κ1) is 9.31. The molecule has 0 aromatic heterocycles. The molecule has 0 aliphatic rings. The summed E-state index contributed by atoms with van der Waals surface area (Å²) in [5.74, 6) is 0. The predicted molar refractivity (Wildman–Crippen MR) is 44.8 cm³/mol. The second-order valence-corrected chi connectivity index (χ2v) is 2.82. The van der Waals surface area contributed by atoms with Gasteiger partial charge in [-0.2, -0.15) is 5.26 Å². The summed E-state index contributed by atoms with van der Waals surface area (Å²) in [5.41, 5.74) is 0. The summed E-state index contributed by atoms with van der Waals surface area (Å²) < 4.78 is 0. The van der Waals surface area contributed by atoms with Gasteiger partial charge in [0.1, 0.15) is 0 Å². The lowest BCUT2D eigenvalue weighted by atomic mass is 10.4. The molecule has 0 saturated carbocycles. The minimum Gasteiger partial charge on any atom is -0.362 e. The van der Waals surface area contributed by atoms with E-state index in [1.165, 1.54) is 11.8 Å². The van der Waals surface area contributed by atoms with Crippen LogP contribution >= 0.6 is 11.8 Å². The Morgan fingerprint density at radius 2 is 2.30 bits per heavy atom. The number of hydrogen-bond acceptors (Lipinski definition) is 3. The van der Waals surface area contributed by atoms with E-state index in [4.69, 9.17) is 5.26 Å². The van der Waals surface area contributed by atoms with Crippen molar-refractivity contribution in [2.24, 2.45) is 4.99 Å². The number of nitriles is 1. The Balaban J connectivity index is 3.86. The Morgan fingerprint density at radius 1 is 1.70 bits per heavy atom. The second-order valence-electron chi connectivity index (χ2n) is 2.02. The fraction of sp³-hybridized carbons (Fsp3) is 0.667. The first-order chi connectivity index (χ1) is 4.70. The van der Waals surface area contributed by atoms with Crippen LogP contribution in [0.3, 0.4) is 0 Å². The standard InChI is InChI=1S/C6H11N3S/c1-5(2)9-6(10-3)8-4-7/h5H,1-3H3,(H,8,9). The summed E-state index contributed by atoms with van der Waals surface area (Å²) in [4.78, 5) is 3.56. The number of nitrogens with one attached hydrogen (secondary N) is 1. The smallest absolute Gasteiger partial charge is 0.208 e. The maximum Gasteiger partial charge on any atom is 0.208 e. The monoisotopic (exact) mass is 157 g/mol. The molecule has 0 atom stereocenters. The summed E-state index contributed by atoms with van der Waals surface area (Å²) in [6.45, 7) is 4.01. The third kappa shape index (κ3) is 4.21. The van der Waals surface area contributed by atoms with Crippen LogP contribution in [0.4, 0.5) is 0 Å². The van der Waals surface area contributed by atoms with E-state index in [0.717, 1.165) is 0 Å². The van der Waals surface area contributed by atoms with Crippen molar-refractivity contribution in [1.82, 2.24) is 5.32 Å². The Hall–Kier alpha value is -0.690. The quantitative estimate of drug-likeness (QED) is 0.353. The highest BCUT2D eigenvalue weighted by Gasteiger charge is 1.96. The molecule has 0 aliphatic heterocycles. The molecule has 0 spiro atoms. The average molecular weight is 157 g/mol. The molecule has 0 fully saturated rings. The van der Waals surface area contributed by atoms with Gasteiger partial charge in [0.05, 0.1) is 0 Å². The summed E-state index contributed by atoms with van der Waals surface area (Å²) >= 11 is 1.44. The molecule has 3 nitrogen and oxygen atoms in total. The van der Waals surface area contributed by atoms with Crippen molar-refractivity contribution >= 4 is 16.9 Å². The van der Waals surface area contributed by atoms with Gasteiger partial charge in [-0.1, -0.05) is 11.8 Å². The van der Waals surface area contributed by atoms with Gasteiger partial charge in [-0.25, -0.2) is 0 Å². The second kappa shape index (κ2) is 5.12. The van der Waals surface area contributed by atoms with Gasteiger partial charge in [0.15, 0.2) is 5.17 Å². The number of aliphatic imine (C=N–C) groups is 1. The Kier molecular flexibility index (Phi) is 4.77. The minimum absolute atomic E-state index is 0.333. The van der Waals surface area contributed by atoms with Crippen molar-refractivity contribution in [2.45, 2.75) is 19.9 Å². The molecule has 0 saturated heterocycles. The molecule has 10 heavy (non-hydrogen) atoms. The zero-order chi connectivity index (χ0) is 7.98. The number of hydrogen-bond donors (Lipinski definition) is 1. The molecule has 0 unspecified atom stereocenters. The number of thioether (sulfide) groups is 1. The summed E-state index contributed by atoms with van der Waals surface area (Å²) in [6.07, 6.45) is 3.61. The van der Waals surface area contributed by atoms with Crippen molar-refractivity contribution in [3.05, 3.63) is 0 Å². The first-order valence-corrected chi connectivity index (χ1v) is 4.20. The molecule has 0 bridgehead atoms. The fourth-order valence-corrected chi connectivity index (χ4v) is 0.915. The lowest BCUT2D eigenvalue weighted by Gasteiger charge is -2.07. The third-order valence-electron chi connectivity index (χ3n) is 0.757. The van der Waals surface area contributed by atoms with Crippen molar-refractivity contribution in [3.63, 3.8) is 0 Å².